The molecule has 3 heteroatoms. The summed E-state index contributed by atoms with van der Waals surface area (Å²) < 4.78 is 0. The highest BCUT2D eigenvalue weighted by molar-refractivity contribution is 5.43. The van der Waals surface area contributed by atoms with E-state index in [-0.39, 0.29) is 18.1 Å². The van der Waals surface area contributed by atoms with Gasteiger partial charge in [0.1, 0.15) is 11.5 Å². The van der Waals surface area contributed by atoms with Crippen LogP contribution in [0, 0.1) is 6.92 Å². The second-order valence-corrected chi connectivity index (χ2v) is 2.43. The first-order chi connectivity index (χ1) is 5.15. The first-order valence-corrected chi connectivity index (χ1v) is 3.27. The van der Waals surface area contributed by atoms with Crippen LogP contribution >= 0.6 is 0 Å². The van der Waals surface area contributed by atoms with Gasteiger partial charge >= 0.3 is 0 Å². The van der Waals surface area contributed by atoms with Gasteiger partial charge in [-0.3, -0.25) is 0 Å². The van der Waals surface area contributed by atoms with Crippen LogP contribution in [-0.2, 0) is 6.61 Å². The maximum absolute atomic E-state index is 9.10. The molecular formula is C8H10O3. The lowest BCUT2D eigenvalue weighted by Gasteiger charge is -2.03. The topological polar surface area (TPSA) is 60.7 Å². The van der Waals surface area contributed by atoms with Crippen molar-refractivity contribution in [2.75, 3.05) is 0 Å². The van der Waals surface area contributed by atoms with Crippen molar-refractivity contribution >= 4 is 0 Å². The van der Waals surface area contributed by atoms with Crippen molar-refractivity contribution in [2.24, 2.45) is 0 Å². The molecule has 1 rings (SSSR count). The molecule has 0 radical (unpaired) electrons. The van der Waals surface area contributed by atoms with Crippen molar-refractivity contribution in [3.8, 4) is 11.5 Å². The summed E-state index contributed by atoms with van der Waals surface area (Å²) in [6, 6.07) is 2.77. The third-order valence-electron chi connectivity index (χ3n) is 1.57. The van der Waals surface area contributed by atoms with Crippen LogP contribution in [0.4, 0.5) is 0 Å². The predicted molar refractivity (Wildman–Crippen MR) is 40.4 cm³/mol. The molecule has 0 aromatic heterocycles. The van der Waals surface area contributed by atoms with Gasteiger partial charge in [0, 0.05) is 11.6 Å². The number of rotatable bonds is 1. The Labute approximate surface area is 64.5 Å². The van der Waals surface area contributed by atoms with Crippen molar-refractivity contribution in [1.82, 2.24) is 0 Å². The highest BCUT2D eigenvalue weighted by atomic mass is 16.3. The van der Waals surface area contributed by atoms with Crippen LogP contribution in [0.5, 0.6) is 11.5 Å². The van der Waals surface area contributed by atoms with E-state index in [0.29, 0.717) is 11.1 Å². The van der Waals surface area contributed by atoms with Gasteiger partial charge in [-0.1, -0.05) is 0 Å². The molecule has 0 unspecified atom stereocenters. The fraction of sp³-hybridized carbons (Fsp3) is 0.250. The van der Waals surface area contributed by atoms with Crippen LogP contribution in [-0.4, -0.2) is 15.3 Å². The molecule has 0 aliphatic carbocycles. The van der Waals surface area contributed by atoms with E-state index in [1.165, 1.54) is 6.07 Å². The van der Waals surface area contributed by atoms with Crippen LogP contribution in [0.25, 0.3) is 0 Å². The molecule has 0 bridgehead atoms. The first kappa shape index (κ1) is 7.88. The number of aromatic hydroxyl groups is 2. The van der Waals surface area contributed by atoms with Gasteiger partial charge in [0.05, 0.1) is 6.61 Å². The van der Waals surface area contributed by atoms with Crippen LogP contribution < -0.4 is 0 Å². The van der Waals surface area contributed by atoms with E-state index in [9.17, 15) is 0 Å². The number of phenols is 2. The van der Waals surface area contributed by atoms with Gasteiger partial charge in [0.15, 0.2) is 0 Å². The molecule has 0 atom stereocenters. The van der Waals surface area contributed by atoms with Gasteiger partial charge in [-0.2, -0.15) is 0 Å². The summed E-state index contributed by atoms with van der Waals surface area (Å²) in [6.07, 6.45) is 0. The predicted octanol–water partition coefficient (Wildman–Crippen LogP) is 0.899. The molecule has 1 aromatic carbocycles. The van der Waals surface area contributed by atoms with E-state index in [0.717, 1.165) is 0 Å². The average molecular weight is 154 g/mol. The third-order valence-corrected chi connectivity index (χ3v) is 1.57. The molecule has 1 aromatic rings. The molecule has 0 saturated heterocycles. The van der Waals surface area contributed by atoms with E-state index in [2.05, 4.69) is 0 Å². The van der Waals surface area contributed by atoms with Gasteiger partial charge in [0.25, 0.3) is 0 Å². The number of hydrogen-bond donors (Lipinski definition) is 3. The minimum absolute atomic E-state index is 0.0414. The van der Waals surface area contributed by atoms with E-state index < -0.39 is 0 Å². The summed E-state index contributed by atoms with van der Waals surface area (Å²) in [6.45, 7) is 1.49. The Bertz CT molecular complexity index is 268. The van der Waals surface area contributed by atoms with Gasteiger partial charge < -0.3 is 15.3 Å². The van der Waals surface area contributed by atoms with Crippen LogP contribution in [0.3, 0.4) is 0 Å². The summed E-state index contributed by atoms with van der Waals surface area (Å²) in [5, 5.41) is 26.9. The zero-order valence-corrected chi connectivity index (χ0v) is 6.20. The molecule has 0 heterocycles. The molecular weight excluding hydrogens is 144 g/mol. The highest BCUT2D eigenvalue weighted by Crippen LogP contribution is 2.26. The van der Waals surface area contributed by atoms with Gasteiger partial charge in [-0.05, 0) is 18.6 Å². The zero-order chi connectivity index (χ0) is 8.43. The fourth-order valence-corrected chi connectivity index (χ4v) is 0.872. The Hall–Kier alpha value is -1.22. The maximum atomic E-state index is 9.10. The van der Waals surface area contributed by atoms with Crippen LogP contribution in [0.15, 0.2) is 12.1 Å². The molecule has 11 heavy (non-hydrogen) atoms. The molecule has 3 nitrogen and oxygen atoms in total. The summed E-state index contributed by atoms with van der Waals surface area (Å²) in [5.41, 5.74) is 1.08. The molecule has 0 saturated carbocycles. The van der Waals surface area contributed by atoms with Gasteiger partial charge in [0.2, 0.25) is 0 Å². The Kier molecular flexibility index (Phi) is 2.01. The van der Waals surface area contributed by atoms with Crippen molar-refractivity contribution < 1.29 is 15.3 Å². The lowest BCUT2D eigenvalue weighted by Crippen LogP contribution is -1.85. The molecule has 60 valence electrons. The monoisotopic (exact) mass is 154 g/mol. The Morgan fingerprint density at radius 2 is 1.82 bits per heavy atom. The molecule has 0 amide bonds. The number of hydrogen-bond acceptors (Lipinski definition) is 3. The van der Waals surface area contributed by atoms with E-state index in [4.69, 9.17) is 15.3 Å². The third kappa shape index (κ3) is 1.43. The number of aliphatic hydroxyl groups is 1. The quantitative estimate of drug-likeness (QED) is 0.563. The standard InChI is InChI=1S/C8H10O3/c1-5-2-6(4-9)8(11)3-7(5)10/h2-3,9-11H,4H2,1H3. The van der Waals surface area contributed by atoms with Crippen molar-refractivity contribution in [2.45, 2.75) is 13.5 Å². The van der Waals surface area contributed by atoms with Crippen LogP contribution in [0.1, 0.15) is 11.1 Å². The number of aliphatic hydroxyl groups excluding tert-OH is 1. The summed E-state index contributed by atoms with van der Waals surface area (Å²) in [5.74, 6) is -0.0321. The average Bonchev–Trinajstić information content (AvgIpc) is 1.97. The molecule has 0 spiro atoms. The Balaban J connectivity index is 3.21. The van der Waals surface area contributed by atoms with Crippen molar-refractivity contribution in [3.63, 3.8) is 0 Å². The molecule has 0 fully saturated rings. The maximum Gasteiger partial charge on any atom is 0.124 e. The lowest BCUT2D eigenvalue weighted by atomic mass is 10.1. The first-order valence-electron chi connectivity index (χ1n) is 3.27. The molecule has 0 aliphatic heterocycles. The van der Waals surface area contributed by atoms with Gasteiger partial charge in [-0.25, -0.2) is 0 Å². The number of phenolic OH excluding ortho intramolecular Hbond substituents is 1. The van der Waals surface area contributed by atoms with E-state index >= 15 is 0 Å². The minimum atomic E-state index is -0.215. The smallest absolute Gasteiger partial charge is 0.124 e. The molecule has 0 aliphatic rings. The zero-order valence-electron chi connectivity index (χ0n) is 6.20. The second kappa shape index (κ2) is 2.80. The van der Waals surface area contributed by atoms with E-state index in [1.54, 1.807) is 13.0 Å². The number of aryl methyl sites for hydroxylation is 1. The summed E-state index contributed by atoms with van der Waals surface area (Å²) in [4.78, 5) is 0. The fourth-order valence-electron chi connectivity index (χ4n) is 0.872. The molecule has 3 N–H and O–H groups in total. The minimum Gasteiger partial charge on any atom is -0.508 e. The van der Waals surface area contributed by atoms with E-state index in [1.807, 2.05) is 0 Å². The summed E-state index contributed by atoms with van der Waals surface area (Å²) >= 11 is 0. The second-order valence-electron chi connectivity index (χ2n) is 2.43. The lowest BCUT2D eigenvalue weighted by molar-refractivity contribution is 0.275. The highest BCUT2D eigenvalue weighted by Gasteiger charge is 2.03. The van der Waals surface area contributed by atoms with Crippen LogP contribution in [0.2, 0.25) is 0 Å². The largest absolute Gasteiger partial charge is 0.508 e. The van der Waals surface area contributed by atoms with Gasteiger partial charge in [-0.15, -0.1) is 0 Å². The summed E-state index contributed by atoms with van der Waals surface area (Å²) in [7, 11) is 0. The SMILES string of the molecule is Cc1cc(CO)c(O)cc1O. The normalized spacial score (nSPS) is 10.0. The Morgan fingerprint density at radius 3 is 2.36 bits per heavy atom. The van der Waals surface area contributed by atoms with Crippen molar-refractivity contribution in [3.05, 3.63) is 23.3 Å². The van der Waals surface area contributed by atoms with Crippen molar-refractivity contribution in [1.29, 1.82) is 0 Å². The number of benzene rings is 1. The Morgan fingerprint density at radius 1 is 1.18 bits per heavy atom.